The van der Waals surface area contributed by atoms with Crippen LogP contribution in [0.3, 0.4) is 0 Å². The Morgan fingerprint density at radius 1 is 1.35 bits per heavy atom. The number of ether oxygens (including phenoxy) is 1. The molecule has 1 fully saturated rings. The van der Waals surface area contributed by atoms with Gasteiger partial charge in [-0.05, 0) is 26.7 Å². The summed E-state index contributed by atoms with van der Waals surface area (Å²) >= 11 is 1.18. The smallest absolute Gasteiger partial charge is 0.377 e. The zero-order chi connectivity index (χ0) is 19.1. The van der Waals surface area contributed by atoms with Gasteiger partial charge >= 0.3 is 6.18 Å². The summed E-state index contributed by atoms with van der Waals surface area (Å²) < 4.78 is 76.1. The Balaban J connectivity index is 1.96. The molecule has 0 bridgehead atoms. The highest BCUT2D eigenvalue weighted by Gasteiger charge is 2.37. The van der Waals surface area contributed by atoms with Crippen LogP contribution in [0.5, 0.6) is 0 Å². The summed E-state index contributed by atoms with van der Waals surface area (Å²) in [5, 5.41) is 3.43. The molecule has 0 aromatic carbocycles. The number of alkyl halides is 3. The summed E-state index contributed by atoms with van der Waals surface area (Å²) in [6.07, 6.45) is -3.26. The number of nitrogens with zero attached hydrogens (tertiary/aromatic N) is 1. The molecule has 0 spiro atoms. The van der Waals surface area contributed by atoms with E-state index in [1.807, 2.05) is 0 Å². The van der Waals surface area contributed by atoms with Crippen LogP contribution in [0.1, 0.15) is 28.4 Å². The van der Waals surface area contributed by atoms with Crippen LogP contribution in [0.25, 0.3) is 11.3 Å². The van der Waals surface area contributed by atoms with Crippen molar-refractivity contribution in [3.05, 3.63) is 21.6 Å². The van der Waals surface area contributed by atoms with Crippen LogP contribution < -0.4 is 4.72 Å². The third-order valence-electron chi connectivity index (χ3n) is 4.04. The van der Waals surface area contributed by atoms with Crippen molar-refractivity contribution in [3.8, 4) is 11.3 Å². The van der Waals surface area contributed by atoms with Crippen LogP contribution in [0, 0.1) is 13.8 Å². The van der Waals surface area contributed by atoms with Gasteiger partial charge in [0, 0.05) is 34.5 Å². The van der Waals surface area contributed by atoms with Crippen molar-refractivity contribution in [1.82, 2.24) is 9.88 Å². The van der Waals surface area contributed by atoms with Crippen molar-refractivity contribution in [2.75, 3.05) is 13.2 Å². The van der Waals surface area contributed by atoms with Crippen LogP contribution in [-0.4, -0.2) is 32.8 Å². The molecule has 1 unspecified atom stereocenters. The molecule has 0 radical (unpaired) electrons. The normalized spacial score (nSPS) is 18.6. The largest absolute Gasteiger partial charge is 0.452 e. The first-order valence-electron chi connectivity index (χ1n) is 7.85. The number of aromatic nitrogens is 1. The Hall–Kier alpha value is -1.43. The number of rotatable bonds is 5. The van der Waals surface area contributed by atoms with Crippen molar-refractivity contribution in [2.45, 2.75) is 43.9 Å². The molecule has 2 aromatic heterocycles. The standard InChI is InChI=1S/C15H17F3N2O4S2/c1-8-13(11-6-12(24-20-11)15(16,17)18)14(9(2)25-8)26(21,22)19-7-10-4-3-5-23-10/h6,10,19H,3-5,7H2,1-2H3. The van der Waals surface area contributed by atoms with Crippen molar-refractivity contribution in [1.29, 1.82) is 0 Å². The monoisotopic (exact) mass is 410 g/mol. The highest BCUT2D eigenvalue weighted by atomic mass is 32.2. The Bertz CT molecular complexity index is 897. The maximum atomic E-state index is 12.8. The van der Waals surface area contributed by atoms with Crippen molar-refractivity contribution < 1.29 is 30.8 Å². The molecule has 1 saturated heterocycles. The average Bonchev–Trinajstić information content (AvgIpc) is 3.23. The van der Waals surface area contributed by atoms with Gasteiger partial charge in [0.15, 0.2) is 0 Å². The van der Waals surface area contributed by atoms with Gasteiger partial charge in [0.25, 0.3) is 0 Å². The molecule has 0 amide bonds. The van der Waals surface area contributed by atoms with Crippen molar-refractivity contribution in [2.24, 2.45) is 0 Å². The molecule has 144 valence electrons. The van der Waals surface area contributed by atoms with Gasteiger partial charge in [-0.2, -0.15) is 13.2 Å². The second-order valence-corrected chi connectivity index (χ2v) is 9.11. The molecule has 6 nitrogen and oxygen atoms in total. The van der Waals surface area contributed by atoms with Gasteiger partial charge in [0.1, 0.15) is 10.6 Å². The van der Waals surface area contributed by atoms with Gasteiger partial charge in [0.05, 0.1) is 6.10 Å². The minimum Gasteiger partial charge on any atom is -0.377 e. The van der Waals surface area contributed by atoms with Gasteiger partial charge in [-0.1, -0.05) is 5.16 Å². The fourth-order valence-electron chi connectivity index (χ4n) is 2.89. The first-order chi connectivity index (χ1) is 12.1. The third kappa shape index (κ3) is 3.80. The topological polar surface area (TPSA) is 81.4 Å². The molecule has 26 heavy (non-hydrogen) atoms. The molecule has 0 aliphatic carbocycles. The summed E-state index contributed by atoms with van der Waals surface area (Å²) in [7, 11) is -3.95. The van der Waals surface area contributed by atoms with Crippen LogP contribution in [-0.2, 0) is 20.9 Å². The zero-order valence-corrected chi connectivity index (χ0v) is 15.6. The van der Waals surface area contributed by atoms with E-state index in [-0.39, 0.29) is 28.8 Å². The lowest BCUT2D eigenvalue weighted by atomic mass is 10.1. The number of aryl methyl sites for hydroxylation is 2. The number of halogens is 3. The predicted molar refractivity (Wildman–Crippen MR) is 88.5 cm³/mol. The van der Waals surface area contributed by atoms with Crippen LogP contribution in [0.2, 0.25) is 0 Å². The van der Waals surface area contributed by atoms with Gasteiger partial charge < -0.3 is 9.26 Å². The van der Waals surface area contributed by atoms with E-state index in [2.05, 4.69) is 14.4 Å². The van der Waals surface area contributed by atoms with Crippen LogP contribution in [0.15, 0.2) is 15.5 Å². The molecule has 1 aliphatic rings. The van der Waals surface area contributed by atoms with Gasteiger partial charge in [0.2, 0.25) is 15.8 Å². The number of sulfonamides is 1. The van der Waals surface area contributed by atoms with E-state index in [0.29, 0.717) is 22.4 Å². The Kier molecular flexibility index (Phi) is 5.17. The maximum Gasteiger partial charge on any atom is 0.452 e. The molecule has 11 heteroatoms. The van der Waals surface area contributed by atoms with E-state index in [9.17, 15) is 21.6 Å². The summed E-state index contributed by atoms with van der Waals surface area (Å²) in [5.41, 5.74) is -0.0248. The van der Waals surface area contributed by atoms with Gasteiger partial charge in [-0.25, -0.2) is 13.1 Å². The zero-order valence-electron chi connectivity index (χ0n) is 14.0. The molecule has 1 N–H and O–H groups in total. The second kappa shape index (κ2) is 6.95. The van der Waals surface area contributed by atoms with E-state index < -0.39 is 22.0 Å². The molecule has 3 rings (SSSR count). The molecular formula is C15H17F3N2O4S2. The van der Waals surface area contributed by atoms with E-state index >= 15 is 0 Å². The Labute approximate surface area is 152 Å². The SMILES string of the molecule is Cc1sc(C)c(S(=O)(=O)NCC2CCCO2)c1-c1cc(C(F)(F)F)on1. The van der Waals surface area contributed by atoms with E-state index in [1.54, 1.807) is 13.8 Å². The Morgan fingerprint density at radius 3 is 2.65 bits per heavy atom. The number of hydrogen-bond donors (Lipinski definition) is 1. The molecule has 2 aromatic rings. The average molecular weight is 410 g/mol. The van der Waals surface area contributed by atoms with Crippen LogP contribution >= 0.6 is 11.3 Å². The summed E-state index contributed by atoms with van der Waals surface area (Å²) in [6, 6.07) is 0.716. The van der Waals surface area contributed by atoms with E-state index in [1.165, 1.54) is 11.3 Å². The van der Waals surface area contributed by atoms with Gasteiger partial charge in [-0.3, -0.25) is 0 Å². The van der Waals surface area contributed by atoms with Gasteiger partial charge in [-0.15, -0.1) is 11.3 Å². The second-order valence-electron chi connectivity index (χ2n) is 5.98. The lowest BCUT2D eigenvalue weighted by molar-refractivity contribution is -0.155. The van der Waals surface area contributed by atoms with E-state index in [0.717, 1.165) is 12.8 Å². The lowest BCUT2D eigenvalue weighted by Gasteiger charge is -2.12. The van der Waals surface area contributed by atoms with E-state index in [4.69, 9.17) is 4.74 Å². The lowest BCUT2D eigenvalue weighted by Crippen LogP contribution is -2.32. The highest BCUT2D eigenvalue weighted by molar-refractivity contribution is 7.89. The number of hydrogen-bond acceptors (Lipinski definition) is 6. The maximum absolute atomic E-state index is 12.8. The molecule has 1 aliphatic heterocycles. The summed E-state index contributed by atoms with van der Waals surface area (Å²) in [6.45, 7) is 3.94. The highest BCUT2D eigenvalue weighted by Crippen LogP contribution is 2.40. The quantitative estimate of drug-likeness (QED) is 0.816. The fraction of sp³-hybridized carbons (Fsp3) is 0.533. The predicted octanol–water partition coefficient (Wildman–Crippen LogP) is 3.50. The summed E-state index contributed by atoms with van der Waals surface area (Å²) in [5.74, 6) is -1.27. The fourth-order valence-corrected chi connectivity index (χ4v) is 5.83. The van der Waals surface area contributed by atoms with Crippen molar-refractivity contribution >= 4 is 21.4 Å². The van der Waals surface area contributed by atoms with Crippen LogP contribution in [0.4, 0.5) is 13.2 Å². The first-order valence-corrected chi connectivity index (χ1v) is 10.1. The summed E-state index contributed by atoms with van der Waals surface area (Å²) in [4.78, 5) is 0.941. The number of nitrogens with one attached hydrogen (secondary N) is 1. The Morgan fingerprint density at radius 2 is 2.08 bits per heavy atom. The van der Waals surface area contributed by atoms with Crippen molar-refractivity contribution in [3.63, 3.8) is 0 Å². The molecule has 1 atom stereocenters. The minimum atomic E-state index is -4.69. The number of thiophene rings is 1. The molecule has 0 saturated carbocycles. The minimum absolute atomic E-state index is 0.0694. The molecular weight excluding hydrogens is 393 g/mol. The third-order valence-corrected chi connectivity index (χ3v) is 6.79. The first kappa shape index (κ1) is 19.3. The molecule has 3 heterocycles.